The predicted octanol–water partition coefficient (Wildman–Crippen LogP) is 2.23. The van der Waals surface area contributed by atoms with Gasteiger partial charge in [0, 0.05) is 24.2 Å². The second-order valence-corrected chi connectivity index (χ2v) is 4.32. The van der Waals surface area contributed by atoms with Crippen molar-refractivity contribution in [3.05, 3.63) is 66.6 Å². The average Bonchev–Trinajstić information content (AvgIpc) is 3.04. The van der Waals surface area contributed by atoms with Gasteiger partial charge in [0.2, 0.25) is 0 Å². The normalized spacial score (nSPS) is 10.3. The first-order valence-electron chi connectivity index (χ1n) is 6.29. The molecule has 0 saturated carbocycles. The fraction of sp³-hybridized carbons (Fsp3) is 0. The van der Waals surface area contributed by atoms with Crippen LogP contribution in [-0.2, 0) is 0 Å². The molecule has 0 fully saturated rings. The van der Waals surface area contributed by atoms with Crippen LogP contribution in [-0.4, -0.2) is 25.8 Å². The Balaban J connectivity index is 1.78. The van der Waals surface area contributed by atoms with Gasteiger partial charge in [0.25, 0.3) is 5.91 Å². The van der Waals surface area contributed by atoms with Crippen molar-refractivity contribution in [2.75, 3.05) is 5.32 Å². The van der Waals surface area contributed by atoms with E-state index in [0.717, 1.165) is 5.69 Å². The second-order valence-electron chi connectivity index (χ2n) is 4.32. The fourth-order valence-corrected chi connectivity index (χ4v) is 1.86. The molecule has 1 aromatic carbocycles. The molecule has 6 nitrogen and oxygen atoms in total. The van der Waals surface area contributed by atoms with Crippen LogP contribution in [0, 0.1) is 0 Å². The van der Waals surface area contributed by atoms with Gasteiger partial charge in [-0.05, 0) is 42.5 Å². The van der Waals surface area contributed by atoms with Gasteiger partial charge in [0.1, 0.15) is 0 Å². The zero-order valence-electron chi connectivity index (χ0n) is 11.0. The van der Waals surface area contributed by atoms with Crippen molar-refractivity contribution in [2.45, 2.75) is 0 Å². The molecule has 0 bridgehead atoms. The number of carbonyl (C=O) groups is 1. The monoisotopic (exact) mass is 280 g/mol. The zero-order chi connectivity index (χ0) is 14.7. The van der Waals surface area contributed by atoms with Crippen molar-refractivity contribution in [1.82, 2.24) is 14.8 Å². The smallest absolute Gasteiger partial charge is 0.256 e. The third kappa shape index (κ3) is 2.74. The Labute approximate surface area is 120 Å². The van der Waals surface area contributed by atoms with E-state index in [2.05, 4.69) is 15.4 Å². The highest BCUT2D eigenvalue weighted by Crippen LogP contribution is 2.19. The largest absolute Gasteiger partial charge is 0.504 e. The summed E-state index contributed by atoms with van der Waals surface area (Å²) >= 11 is 0. The summed E-state index contributed by atoms with van der Waals surface area (Å²) in [6.07, 6.45) is 5.00. The molecule has 0 spiro atoms. The van der Waals surface area contributed by atoms with Gasteiger partial charge >= 0.3 is 0 Å². The van der Waals surface area contributed by atoms with Crippen LogP contribution in [0.15, 0.2) is 61.1 Å². The summed E-state index contributed by atoms with van der Waals surface area (Å²) in [5.74, 6) is -0.270. The van der Waals surface area contributed by atoms with Crippen LogP contribution in [0.5, 0.6) is 5.75 Å². The van der Waals surface area contributed by atoms with E-state index in [1.165, 1.54) is 12.3 Å². The fourth-order valence-electron chi connectivity index (χ4n) is 1.86. The molecule has 3 aromatic rings. The highest BCUT2D eigenvalue weighted by molar-refractivity contribution is 6.04. The van der Waals surface area contributed by atoms with Crippen molar-refractivity contribution in [3.63, 3.8) is 0 Å². The van der Waals surface area contributed by atoms with Crippen LogP contribution in [0.25, 0.3) is 5.69 Å². The van der Waals surface area contributed by atoms with Gasteiger partial charge < -0.3 is 10.4 Å². The lowest BCUT2D eigenvalue weighted by molar-refractivity contribution is 0.102. The van der Waals surface area contributed by atoms with Crippen LogP contribution < -0.4 is 5.32 Å². The number of hydrogen-bond acceptors (Lipinski definition) is 4. The summed E-state index contributed by atoms with van der Waals surface area (Å²) in [7, 11) is 0. The lowest BCUT2D eigenvalue weighted by atomic mass is 10.2. The highest BCUT2D eigenvalue weighted by Gasteiger charge is 2.09. The maximum absolute atomic E-state index is 12.1. The lowest BCUT2D eigenvalue weighted by Crippen LogP contribution is -2.13. The van der Waals surface area contributed by atoms with E-state index in [1.54, 1.807) is 41.2 Å². The number of nitrogens with one attached hydrogen (secondary N) is 1. The van der Waals surface area contributed by atoms with Crippen LogP contribution >= 0.6 is 0 Å². The van der Waals surface area contributed by atoms with E-state index in [4.69, 9.17) is 0 Å². The van der Waals surface area contributed by atoms with E-state index < -0.39 is 0 Å². The predicted molar refractivity (Wildman–Crippen MR) is 77.4 cm³/mol. The number of nitrogens with zero attached hydrogens (tertiary/aromatic N) is 3. The molecular weight excluding hydrogens is 268 g/mol. The van der Waals surface area contributed by atoms with Gasteiger partial charge in [-0.2, -0.15) is 5.10 Å². The molecule has 1 amide bonds. The van der Waals surface area contributed by atoms with Gasteiger partial charge in [-0.1, -0.05) is 0 Å². The van der Waals surface area contributed by atoms with Crippen LogP contribution in [0.1, 0.15) is 10.4 Å². The van der Waals surface area contributed by atoms with Gasteiger partial charge in [-0.15, -0.1) is 0 Å². The molecule has 0 unspecified atom stereocenters. The summed E-state index contributed by atoms with van der Waals surface area (Å²) in [5, 5.41) is 16.3. The summed E-state index contributed by atoms with van der Waals surface area (Å²) in [6.45, 7) is 0. The molecular formula is C15H12N4O2. The van der Waals surface area contributed by atoms with Gasteiger partial charge in [-0.3, -0.25) is 4.79 Å². The first-order valence-corrected chi connectivity index (χ1v) is 6.29. The number of pyridine rings is 1. The summed E-state index contributed by atoms with van der Waals surface area (Å²) < 4.78 is 1.70. The molecule has 2 heterocycles. The molecule has 104 valence electrons. The molecule has 6 heteroatoms. The van der Waals surface area contributed by atoms with Crippen molar-refractivity contribution >= 4 is 11.7 Å². The molecule has 2 aromatic heterocycles. The number of rotatable bonds is 3. The Kier molecular flexibility index (Phi) is 3.34. The van der Waals surface area contributed by atoms with Gasteiger partial charge in [-0.25, -0.2) is 9.67 Å². The van der Waals surface area contributed by atoms with Crippen LogP contribution in [0.2, 0.25) is 0 Å². The Hall–Kier alpha value is -3.15. The Bertz CT molecular complexity index is 752. The standard InChI is InChI=1S/C15H12N4O2/c20-13-3-1-8-16-14(13)18-15(21)11-4-6-12(7-5-11)19-10-2-9-17-19/h1-10,20H,(H,16,18,21). The number of anilines is 1. The first-order chi connectivity index (χ1) is 10.2. The maximum atomic E-state index is 12.1. The summed E-state index contributed by atoms with van der Waals surface area (Å²) in [4.78, 5) is 16.0. The summed E-state index contributed by atoms with van der Waals surface area (Å²) in [6, 6.07) is 11.8. The molecule has 0 aliphatic heterocycles. The minimum absolute atomic E-state index is 0.0704. The van der Waals surface area contributed by atoms with E-state index in [0.29, 0.717) is 5.56 Å². The Morgan fingerprint density at radius 3 is 2.57 bits per heavy atom. The highest BCUT2D eigenvalue weighted by atomic mass is 16.3. The Morgan fingerprint density at radius 2 is 1.90 bits per heavy atom. The molecule has 0 saturated heterocycles. The molecule has 0 aliphatic carbocycles. The van der Waals surface area contributed by atoms with Gasteiger partial charge in [0.15, 0.2) is 11.6 Å². The van der Waals surface area contributed by atoms with Gasteiger partial charge in [0.05, 0.1) is 5.69 Å². The van der Waals surface area contributed by atoms with Crippen molar-refractivity contribution in [1.29, 1.82) is 0 Å². The minimum Gasteiger partial charge on any atom is -0.504 e. The minimum atomic E-state index is -0.337. The van der Waals surface area contributed by atoms with Crippen molar-refractivity contribution < 1.29 is 9.90 Å². The molecule has 2 N–H and O–H groups in total. The number of aromatic nitrogens is 3. The zero-order valence-corrected chi connectivity index (χ0v) is 11.0. The van der Waals surface area contributed by atoms with E-state index in [9.17, 15) is 9.90 Å². The quantitative estimate of drug-likeness (QED) is 0.771. The third-order valence-electron chi connectivity index (χ3n) is 2.92. The topological polar surface area (TPSA) is 80.0 Å². The molecule has 21 heavy (non-hydrogen) atoms. The lowest BCUT2D eigenvalue weighted by Gasteiger charge is -2.07. The van der Waals surface area contributed by atoms with E-state index in [-0.39, 0.29) is 17.5 Å². The second kappa shape index (κ2) is 5.46. The number of aromatic hydroxyl groups is 1. The van der Waals surface area contributed by atoms with Crippen LogP contribution in [0.3, 0.4) is 0 Å². The van der Waals surface area contributed by atoms with E-state index in [1.807, 2.05) is 12.3 Å². The van der Waals surface area contributed by atoms with E-state index >= 15 is 0 Å². The number of hydrogen-bond donors (Lipinski definition) is 2. The average molecular weight is 280 g/mol. The maximum Gasteiger partial charge on any atom is 0.256 e. The number of carbonyl (C=O) groups excluding carboxylic acids is 1. The van der Waals surface area contributed by atoms with Crippen molar-refractivity contribution in [3.8, 4) is 11.4 Å². The van der Waals surface area contributed by atoms with Crippen LogP contribution in [0.4, 0.5) is 5.82 Å². The Morgan fingerprint density at radius 1 is 1.10 bits per heavy atom. The van der Waals surface area contributed by atoms with Crippen molar-refractivity contribution in [2.24, 2.45) is 0 Å². The molecule has 0 radical (unpaired) electrons. The number of benzene rings is 1. The number of amides is 1. The first kappa shape index (κ1) is 12.9. The summed E-state index contributed by atoms with van der Waals surface area (Å²) in [5.41, 5.74) is 1.33. The molecule has 3 rings (SSSR count). The third-order valence-corrected chi connectivity index (χ3v) is 2.92. The SMILES string of the molecule is O=C(Nc1ncccc1O)c1ccc(-n2cccn2)cc1. The molecule has 0 atom stereocenters. The molecule has 0 aliphatic rings.